The molecule has 2 aromatic rings. The number of aryl methyl sites for hydroxylation is 1. The van der Waals surface area contributed by atoms with Crippen LogP contribution in [0.15, 0.2) is 30.5 Å². The van der Waals surface area contributed by atoms with Crippen molar-refractivity contribution in [1.29, 1.82) is 0 Å². The summed E-state index contributed by atoms with van der Waals surface area (Å²) >= 11 is 0. The zero-order valence-electron chi connectivity index (χ0n) is 10.4. The highest BCUT2D eigenvalue weighted by molar-refractivity contribution is 6.03. The van der Waals surface area contributed by atoms with E-state index in [0.29, 0.717) is 6.54 Å². The first kappa shape index (κ1) is 11.6. The molecule has 0 atom stereocenters. The summed E-state index contributed by atoms with van der Waals surface area (Å²) in [4.78, 5) is 17.7. The fraction of sp³-hybridized carbons (Fsp3) is 0.286. The number of carbonyl (C=O) groups excluding carboxylic acids is 1. The van der Waals surface area contributed by atoms with Gasteiger partial charge in [-0.25, -0.2) is 0 Å². The van der Waals surface area contributed by atoms with E-state index in [4.69, 9.17) is 0 Å². The Morgan fingerprint density at radius 1 is 1.29 bits per heavy atom. The van der Waals surface area contributed by atoms with Crippen LogP contribution in [0.2, 0.25) is 0 Å². The fourth-order valence-corrected chi connectivity index (χ4v) is 2.13. The van der Waals surface area contributed by atoms with Crippen LogP contribution in [-0.4, -0.2) is 17.4 Å². The average molecular weight is 228 g/mol. The topological polar surface area (TPSA) is 33.2 Å². The zero-order valence-corrected chi connectivity index (χ0v) is 10.4. The fourth-order valence-electron chi connectivity index (χ4n) is 2.13. The van der Waals surface area contributed by atoms with Gasteiger partial charge in [0.15, 0.2) is 0 Å². The second-order valence-corrected chi connectivity index (χ2v) is 4.03. The molecular formula is C14H16N2O. The molecule has 88 valence electrons. The van der Waals surface area contributed by atoms with Gasteiger partial charge in [0.2, 0.25) is 5.91 Å². The lowest BCUT2D eigenvalue weighted by Gasteiger charge is -2.21. The van der Waals surface area contributed by atoms with Gasteiger partial charge in [-0.3, -0.25) is 9.78 Å². The van der Waals surface area contributed by atoms with Crippen LogP contribution in [0.3, 0.4) is 0 Å². The Balaban J connectivity index is 2.70. The molecule has 17 heavy (non-hydrogen) atoms. The molecule has 0 radical (unpaired) electrons. The first-order chi connectivity index (χ1) is 8.15. The number of fused-ring (bicyclic) bond motifs is 1. The van der Waals surface area contributed by atoms with Gasteiger partial charge < -0.3 is 4.90 Å². The third kappa shape index (κ3) is 2.00. The van der Waals surface area contributed by atoms with Crippen LogP contribution in [0.25, 0.3) is 10.8 Å². The monoisotopic (exact) mass is 228 g/mol. The Labute approximate surface area is 101 Å². The van der Waals surface area contributed by atoms with Gasteiger partial charge in [0.25, 0.3) is 0 Å². The lowest BCUT2D eigenvalue weighted by atomic mass is 10.1. The third-order valence-electron chi connectivity index (χ3n) is 2.97. The summed E-state index contributed by atoms with van der Waals surface area (Å²) in [5.74, 6) is 0.0643. The van der Waals surface area contributed by atoms with Crippen LogP contribution in [0.5, 0.6) is 0 Å². The van der Waals surface area contributed by atoms with Crippen molar-refractivity contribution in [3.05, 3.63) is 36.2 Å². The highest BCUT2D eigenvalue weighted by atomic mass is 16.2. The van der Waals surface area contributed by atoms with Crippen molar-refractivity contribution in [3.8, 4) is 0 Å². The molecule has 0 fully saturated rings. The first-order valence-corrected chi connectivity index (χ1v) is 5.77. The summed E-state index contributed by atoms with van der Waals surface area (Å²) in [6, 6.07) is 7.95. The molecule has 0 aliphatic rings. The number of rotatable bonds is 2. The third-order valence-corrected chi connectivity index (χ3v) is 2.97. The highest BCUT2D eigenvalue weighted by Crippen LogP contribution is 2.27. The van der Waals surface area contributed by atoms with E-state index in [1.165, 1.54) is 0 Å². The second-order valence-electron chi connectivity index (χ2n) is 4.03. The SMILES string of the molecule is CCN(C(C)=O)c1cccc2c(C)nccc12. The lowest BCUT2D eigenvalue weighted by Crippen LogP contribution is -2.28. The quantitative estimate of drug-likeness (QED) is 0.791. The van der Waals surface area contributed by atoms with Gasteiger partial charge in [-0.05, 0) is 26.0 Å². The maximum absolute atomic E-state index is 11.6. The molecule has 0 saturated heterocycles. The van der Waals surface area contributed by atoms with Crippen molar-refractivity contribution in [2.45, 2.75) is 20.8 Å². The summed E-state index contributed by atoms with van der Waals surface area (Å²) in [6.45, 7) is 6.23. The molecule has 0 spiro atoms. The Bertz CT molecular complexity index is 563. The first-order valence-electron chi connectivity index (χ1n) is 5.77. The van der Waals surface area contributed by atoms with Crippen LogP contribution in [-0.2, 0) is 4.79 Å². The largest absolute Gasteiger partial charge is 0.312 e. The van der Waals surface area contributed by atoms with Gasteiger partial charge in [0.05, 0.1) is 5.69 Å². The number of nitrogens with zero attached hydrogens (tertiary/aromatic N) is 2. The molecule has 1 aromatic heterocycles. The van der Waals surface area contributed by atoms with Crippen LogP contribution >= 0.6 is 0 Å². The molecule has 0 N–H and O–H groups in total. The maximum Gasteiger partial charge on any atom is 0.223 e. The van der Waals surface area contributed by atoms with E-state index in [0.717, 1.165) is 22.2 Å². The maximum atomic E-state index is 11.6. The number of benzene rings is 1. The van der Waals surface area contributed by atoms with Crippen molar-refractivity contribution in [2.24, 2.45) is 0 Å². The van der Waals surface area contributed by atoms with Crippen LogP contribution < -0.4 is 4.90 Å². The summed E-state index contributed by atoms with van der Waals surface area (Å²) in [5, 5.41) is 2.18. The molecule has 0 aliphatic carbocycles. The van der Waals surface area contributed by atoms with Crippen LogP contribution in [0, 0.1) is 6.92 Å². The van der Waals surface area contributed by atoms with Crippen molar-refractivity contribution in [3.63, 3.8) is 0 Å². The molecular weight excluding hydrogens is 212 g/mol. The van der Waals surface area contributed by atoms with Crippen LogP contribution in [0.4, 0.5) is 5.69 Å². The second kappa shape index (κ2) is 4.53. The number of amides is 1. The minimum atomic E-state index is 0.0643. The minimum Gasteiger partial charge on any atom is -0.312 e. The lowest BCUT2D eigenvalue weighted by molar-refractivity contribution is -0.116. The summed E-state index contributed by atoms with van der Waals surface area (Å²) in [5.41, 5.74) is 1.95. The number of pyridine rings is 1. The van der Waals surface area contributed by atoms with Gasteiger partial charge in [-0.1, -0.05) is 12.1 Å². The van der Waals surface area contributed by atoms with E-state index in [2.05, 4.69) is 4.98 Å². The van der Waals surface area contributed by atoms with Gasteiger partial charge >= 0.3 is 0 Å². The Kier molecular flexibility index (Phi) is 3.09. The minimum absolute atomic E-state index is 0.0643. The highest BCUT2D eigenvalue weighted by Gasteiger charge is 2.12. The van der Waals surface area contributed by atoms with Gasteiger partial charge in [-0.2, -0.15) is 0 Å². The van der Waals surface area contributed by atoms with E-state index in [1.54, 1.807) is 18.0 Å². The van der Waals surface area contributed by atoms with Gasteiger partial charge in [0, 0.05) is 36.1 Å². The normalized spacial score (nSPS) is 10.5. The van der Waals surface area contributed by atoms with E-state index < -0.39 is 0 Å². The Morgan fingerprint density at radius 2 is 2.06 bits per heavy atom. The summed E-state index contributed by atoms with van der Waals surface area (Å²) in [6.07, 6.45) is 1.79. The molecule has 1 amide bonds. The molecule has 0 aliphatic heterocycles. The molecule has 3 heteroatoms. The summed E-state index contributed by atoms with van der Waals surface area (Å²) < 4.78 is 0. The predicted molar refractivity (Wildman–Crippen MR) is 70.2 cm³/mol. The number of hydrogen-bond acceptors (Lipinski definition) is 2. The molecule has 1 aromatic carbocycles. The van der Waals surface area contributed by atoms with E-state index >= 15 is 0 Å². The van der Waals surface area contributed by atoms with Crippen molar-refractivity contribution >= 4 is 22.4 Å². The standard InChI is InChI=1S/C14H16N2O/c1-4-16(11(3)17)14-7-5-6-12-10(2)15-9-8-13(12)14/h5-9H,4H2,1-3H3. The molecule has 0 saturated carbocycles. The van der Waals surface area contributed by atoms with Gasteiger partial charge in [0.1, 0.15) is 0 Å². The van der Waals surface area contributed by atoms with E-state index in [1.807, 2.05) is 38.1 Å². The molecule has 2 rings (SSSR count). The number of aromatic nitrogens is 1. The Hall–Kier alpha value is -1.90. The predicted octanol–water partition coefficient (Wildman–Crippen LogP) is 2.92. The molecule has 0 bridgehead atoms. The van der Waals surface area contributed by atoms with E-state index in [-0.39, 0.29) is 5.91 Å². The van der Waals surface area contributed by atoms with Crippen molar-refractivity contribution < 1.29 is 4.79 Å². The van der Waals surface area contributed by atoms with Crippen LogP contribution in [0.1, 0.15) is 19.5 Å². The molecule has 3 nitrogen and oxygen atoms in total. The Morgan fingerprint density at radius 3 is 2.71 bits per heavy atom. The van der Waals surface area contributed by atoms with Gasteiger partial charge in [-0.15, -0.1) is 0 Å². The number of anilines is 1. The van der Waals surface area contributed by atoms with Crippen molar-refractivity contribution in [1.82, 2.24) is 4.98 Å². The molecule has 1 heterocycles. The smallest absolute Gasteiger partial charge is 0.223 e. The average Bonchev–Trinajstić information content (AvgIpc) is 2.31. The number of hydrogen-bond donors (Lipinski definition) is 0. The number of carbonyl (C=O) groups is 1. The van der Waals surface area contributed by atoms with Crippen molar-refractivity contribution in [2.75, 3.05) is 11.4 Å². The summed E-state index contributed by atoms with van der Waals surface area (Å²) in [7, 11) is 0. The van der Waals surface area contributed by atoms with E-state index in [9.17, 15) is 4.79 Å². The molecule has 0 unspecified atom stereocenters. The zero-order chi connectivity index (χ0) is 12.4.